The molecule has 1 aliphatic rings. The number of amides is 1. The third-order valence-corrected chi connectivity index (χ3v) is 4.40. The fourth-order valence-corrected chi connectivity index (χ4v) is 2.86. The maximum absolute atomic E-state index is 12.0. The van der Waals surface area contributed by atoms with Crippen molar-refractivity contribution in [2.45, 2.75) is 52.0 Å². The highest BCUT2D eigenvalue weighted by atomic mass is 16.4. The van der Waals surface area contributed by atoms with E-state index in [1.54, 1.807) is 0 Å². The lowest BCUT2D eigenvalue weighted by Crippen LogP contribution is -2.46. The molecule has 0 aromatic heterocycles. The van der Waals surface area contributed by atoms with Crippen molar-refractivity contribution in [3.05, 3.63) is 0 Å². The van der Waals surface area contributed by atoms with Gasteiger partial charge in [0.15, 0.2) is 0 Å². The second-order valence-electron chi connectivity index (χ2n) is 6.18. The van der Waals surface area contributed by atoms with Crippen molar-refractivity contribution in [2.75, 3.05) is 20.1 Å². The molecule has 0 spiro atoms. The highest BCUT2D eigenvalue weighted by molar-refractivity contribution is 5.78. The lowest BCUT2D eigenvalue weighted by molar-refractivity contribution is -0.137. The number of hydrogen-bond acceptors (Lipinski definition) is 3. The van der Waals surface area contributed by atoms with Gasteiger partial charge in [-0.2, -0.15) is 0 Å². The molecule has 0 aromatic rings. The predicted octanol–water partition coefficient (Wildman–Crippen LogP) is 1.72. The minimum Gasteiger partial charge on any atom is -0.481 e. The number of aliphatic carboxylic acids is 1. The van der Waals surface area contributed by atoms with E-state index in [-0.39, 0.29) is 12.3 Å². The molecule has 1 aliphatic carbocycles. The third kappa shape index (κ3) is 5.90. The molecule has 116 valence electrons. The van der Waals surface area contributed by atoms with Crippen molar-refractivity contribution in [1.82, 2.24) is 10.2 Å². The van der Waals surface area contributed by atoms with E-state index < -0.39 is 5.97 Å². The van der Waals surface area contributed by atoms with Crippen molar-refractivity contribution in [1.29, 1.82) is 0 Å². The topological polar surface area (TPSA) is 69.6 Å². The zero-order valence-corrected chi connectivity index (χ0v) is 12.9. The lowest BCUT2D eigenvalue weighted by Gasteiger charge is -2.35. The van der Waals surface area contributed by atoms with Gasteiger partial charge < -0.3 is 10.4 Å². The molecule has 3 unspecified atom stereocenters. The quantitative estimate of drug-likeness (QED) is 0.747. The maximum Gasteiger partial charge on any atom is 0.303 e. The van der Waals surface area contributed by atoms with E-state index in [0.717, 1.165) is 6.42 Å². The Kier molecular flexibility index (Phi) is 6.99. The summed E-state index contributed by atoms with van der Waals surface area (Å²) in [4.78, 5) is 24.3. The molecule has 3 atom stereocenters. The Balaban J connectivity index is 2.26. The summed E-state index contributed by atoms with van der Waals surface area (Å²) in [6, 6.07) is 0.290. The number of hydrogen-bond donors (Lipinski definition) is 2. The normalized spacial score (nSPS) is 26.5. The van der Waals surface area contributed by atoms with Crippen LogP contribution in [0.1, 0.15) is 46.0 Å². The highest BCUT2D eigenvalue weighted by Gasteiger charge is 2.28. The summed E-state index contributed by atoms with van der Waals surface area (Å²) >= 11 is 0. The molecule has 1 fully saturated rings. The number of likely N-dealkylation sites (N-methyl/N-ethyl adjacent to an activating group) is 1. The Bertz CT molecular complexity index is 333. The summed E-state index contributed by atoms with van der Waals surface area (Å²) in [6.07, 6.45) is 4.24. The molecule has 1 saturated carbocycles. The summed E-state index contributed by atoms with van der Waals surface area (Å²) in [6.45, 7) is 5.44. The molecule has 20 heavy (non-hydrogen) atoms. The van der Waals surface area contributed by atoms with Crippen LogP contribution in [0.25, 0.3) is 0 Å². The van der Waals surface area contributed by atoms with Gasteiger partial charge in [0.2, 0.25) is 5.91 Å². The van der Waals surface area contributed by atoms with Gasteiger partial charge in [0.1, 0.15) is 0 Å². The molecular formula is C15H28N2O3. The van der Waals surface area contributed by atoms with Crippen LogP contribution in [-0.4, -0.2) is 48.1 Å². The van der Waals surface area contributed by atoms with Crippen molar-refractivity contribution >= 4 is 11.9 Å². The Morgan fingerprint density at radius 1 is 1.30 bits per heavy atom. The van der Waals surface area contributed by atoms with Crippen LogP contribution in [0.5, 0.6) is 0 Å². The van der Waals surface area contributed by atoms with Crippen molar-refractivity contribution in [3.8, 4) is 0 Å². The van der Waals surface area contributed by atoms with Gasteiger partial charge >= 0.3 is 5.97 Å². The van der Waals surface area contributed by atoms with E-state index in [1.807, 2.05) is 11.9 Å². The monoisotopic (exact) mass is 284 g/mol. The molecule has 0 heterocycles. The third-order valence-electron chi connectivity index (χ3n) is 4.40. The second kappa shape index (κ2) is 8.25. The van der Waals surface area contributed by atoms with E-state index in [2.05, 4.69) is 19.2 Å². The van der Waals surface area contributed by atoms with Crippen LogP contribution in [0.4, 0.5) is 0 Å². The first-order chi connectivity index (χ1) is 9.40. The standard InChI is InChI=1S/C15H28N2O3/c1-11-6-4-7-13(12(11)2)16-14(18)10-17(3)9-5-8-15(19)20/h11-13H,4-10H2,1-3H3,(H,16,18)(H,19,20). The van der Waals surface area contributed by atoms with Crippen LogP contribution in [0.3, 0.4) is 0 Å². The minimum absolute atomic E-state index is 0.0498. The van der Waals surface area contributed by atoms with E-state index in [9.17, 15) is 9.59 Å². The zero-order chi connectivity index (χ0) is 15.1. The number of rotatable bonds is 7. The summed E-state index contributed by atoms with van der Waals surface area (Å²) in [7, 11) is 1.86. The van der Waals surface area contributed by atoms with Gasteiger partial charge in [-0.3, -0.25) is 14.5 Å². The Labute approximate surface area is 121 Å². The highest BCUT2D eigenvalue weighted by Crippen LogP contribution is 2.29. The zero-order valence-electron chi connectivity index (χ0n) is 12.9. The van der Waals surface area contributed by atoms with Gasteiger partial charge in [0.25, 0.3) is 0 Å². The minimum atomic E-state index is -0.784. The summed E-state index contributed by atoms with van der Waals surface area (Å²) < 4.78 is 0. The Hall–Kier alpha value is -1.10. The summed E-state index contributed by atoms with van der Waals surface area (Å²) in [5, 5.41) is 11.7. The number of carbonyl (C=O) groups is 2. The van der Waals surface area contributed by atoms with E-state index >= 15 is 0 Å². The largest absolute Gasteiger partial charge is 0.481 e. The molecule has 5 nitrogen and oxygen atoms in total. The summed E-state index contributed by atoms with van der Waals surface area (Å²) in [5.74, 6) is 0.467. The molecule has 0 aromatic carbocycles. The average Bonchev–Trinajstić information content (AvgIpc) is 2.34. The van der Waals surface area contributed by atoms with Crippen LogP contribution >= 0.6 is 0 Å². The molecule has 2 N–H and O–H groups in total. The van der Waals surface area contributed by atoms with Gasteiger partial charge in [0.05, 0.1) is 6.54 Å². The number of carboxylic acid groups (broad SMARTS) is 1. The molecule has 0 bridgehead atoms. The number of carboxylic acids is 1. The van der Waals surface area contributed by atoms with Crippen molar-refractivity contribution in [3.63, 3.8) is 0 Å². The Morgan fingerprint density at radius 2 is 2.00 bits per heavy atom. The number of carbonyl (C=O) groups excluding carboxylic acids is 1. The van der Waals surface area contributed by atoms with Crippen molar-refractivity contribution in [2.24, 2.45) is 11.8 Å². The van der Waals surface area contributed by atoms with Gasteiger partial charge in [-0.15, -0.1) is 0 Å². The summed E-state index contributed by atoms with van der Waals surface area (Å²) in [5.41, 5.74) is 0. The maximum atomic E-state index is 12.0. The predicted molar refractivity (Wildman–Crippen MR) is 78.5 cm³/mol. The SMILES string of the molecule is CC1CCCC(NC(=O)CN(C)CCCC(=O)O)C1C. The number of nitrogens with zero attached hydrogens (tertiary/aromatic N) is 1. The van der Waals surface area contributed by atoms with Crippen LogP contribution in [0.15, 0.2) is 0 Å². The fourth-order valence-electron chi connectivity index (χ4n) is 2.86. The molecular weight excluding hydrogens is 256 g/mol. The second-order valence-corrected chi connectivity index (χ2v) is 6.18. The first kappa shape index (κ1) is 17.0. The van der Waals surface area contributed by atoms with E-state index in [1.165, 1.54) is 12.8 Å². The van der Waals surface area contributed by atoms with E-state index in [0.29, 0.717) is 37.4 Å². The lowest BCUT2D eigenvalue weighted by atomic mass is 9.78. The van der Waals surface area contributed by atoms with Crippen LogP contribution in [0, 0.1) is 11.8 Å². The first-order valence-electron chi connectivity index (χ1n) is 7.60. The fraction of sp³-hybridized carbons (Fsp3) is 0.867. The smallest absolute Gasteiger partial charge is 0.303 e. The van der Waals surface area contributed by atoms with Gasteiger partial charge in [-0.25, -0.2) is 0 Å². The van der Waals surface area contributed by atoms with E-state index in [4.69, 9.17) is 5.11 Å². The van der Waals surface area contributed by atoms with Gasteiger partial charge in [-0.1, -0.05) is 26.7 Å². The van der Waals surface area contributed by atoms with Gasteiger partial charge in [-0.05, 0) is 38.3 Å². The molecule has 5 heteroatoms. The van der Waals surface area contributed by atoms with Crippen LogP contribution < -0.4 is 5.32 Å². The molecule has 0 aliphatic heterocycles. The van der Waals surface area contributed by atoms with Crippen LogP contribution in [0.2, 0.25) is 0 Å². The first-order valence-corrected chi connectivity index (χ1v) is 7.60. The Morgan fingerprint density at radius 3 is 2.65 bits per heavy atom. The molecule has 0 radical (unpaired) electrons. The molecule has 0 saturated heterocycles. The number of nitrogens with one attached hydrogen (secondary N) is 1. The average molecular weight is 284 g/mol. The molecule has 1 rings (SSSR count). The van der Waals surface area contributed by atoms with Crippen LogP contribution in [-0.2, 0) is 9.59 Å². The molecule has 1 amide bonds. The van der Waals surface area contributed by atoms with Crippen molar-refractivity contribution < 1.29 is 14.7 Å². The van der Waals surface area contributed by atoms with Gasteiger partial charge in [0, 0.05) is 12.5 Å².